The van der Waals surface area contributed by atoms with Gasteiger partial charge in [0, 0.05) is 5.70 Å². The van der Waals surface area contributed by atoms with E-state index in [1.165, 1.54) is 0 Å². The van der Waals surface area contributed by atoms with Gasteiger partial charge < -0.3 is 0 Å². The molecule has 1 heteroatoms. The fourth-order valence-electron chi connectivity index (χ4n) is 0.490. The van der Waals surface area contributed by atoms with Gasteiger partial charge in [-0.05, 0) is 26.1 Å². The van der Waals surface area contributed by atoms with Crippen LogP contribution in [-0.2, 0) is 0 Å². The van der Waals surface area contributed by atoms with Crippen LogP contribution in [0, 0.1) is 0 Å². The summed E-state index contributed by atoms with van der Waals surface area (Å²) in [6, 6.07) is 0. The molecule has 0 saturated carbocycles. The molecule has 50 valence electrons. The molecule has 0 aliphatic carbocycles. The van der Waals surface area contributed by atoms with E-state index in [-0.39, 0.29) is 0 Å². The molecular weight excluding hydrogens is 110 g/mol. The van der Waals surface area contributed by atoms with Gasteiger partial charge in [0.1, 0.15) is 0 Å². The lowest BCUT2D eigenvalue weighted by atomic mass is 10.3. The van der Waals surface area contributed by atoms with Crippen LogP contribution in [0.4, 0.5) is 0 Å². The Labute approximate surface area is 56.8 Å². The summed E-state index contributed by atoms with van der Waals surface area (Å²) in [6.45, 7) is 7.47. The van der Waals surface area contributed by atoms with E-state index in [1.807, 2.05) is 25.2 Å². The summed E-state index contributed by atoms with van der Waals surface area (Å²) in [4.78, 5) is 3.80. The quantitative estimate of drug-likeness (QED) is 0.404. The zero-order valence-corrected chi connectivity index (χ0v) is 6.09. The highest BCUT2D eigenvalue weighted by molar-refractivity contribution is 5.29. The molecule has 0 unspecified atom stereocenters. The van der Waals surface area contributed by atoms with Crippen LogP contribution in [0.2, 0.25) is 0 Å². The largest absolute Gasteiger partial charge is 0.269 e. The van der Waals surface area contributed by atoms with E-state index >= 15 is 0 Å². The maximum absolute atomic E-state index is 3.80. The second-order valence-electron chi connectivity index (χ2n) is 1.70. The highest BCUT2D eigenvalue weighted by Gasteiger charge is 1.81. The standard InChI is InChI=1S/C8H13N/c1-4-6-7-8(5-2)9-3/h4,6-7H,3,5H2,1-2H3/b6-4-,8-7+. The van der Waals surface area contributed by atoms with Crippen LogP contribution in [0.15, 0.2) is 28.9 Å². The van der Waals surface area contributed by atoms with E-state index in [1.54, 1.807) is 0 Å². The van der Waals surface area contributed by atoms with Crippen LogP contribution in [-0.4, -0.2) is 6.72 Å². The van der Waals surface area contributed by atoms with Crippen molar-refractivity contribution >= 4 is 6.72 Å². The Bertz CT molecular complexity index is 132. The summed E-state index contributed by atoms with van der Waals surface area (Å²) in [7, 11) is 0. The minimum absolute atomic E-state index is 0.952. The van der Waals surface area contributed by atoms with Gasteiger partial charge in [0.05, 0.1) is 0 Å². The van der Waals surface area contributed by atoms with E-state index in [9.17, 15) is 0 Å². The van der Waals surface area contributed by atoms with Gasteiger partial charge in [0.15, 0.2) is 0 Å². The highest BCUT2D eigenvalue weighted by Crippen LogP contribution is 1.99. The zero-order valence-electron chi connectivity index (χ0n) is 6.09. The number of allylic oxidation sites excluding steroid dienone is 4. The Hall–Kier alpha value is -0.850. The van der Waals surface area contributed by atoms with Gasteiger partial charge in [0.25, 0.3) is 0 Å². The van der Waals surface area contributed by atoms with Crippen molar-refractivity contribution in [2.45, 2.75) is 20.3 Å². The van der Waals surface area contributed by atoms with Gasteiger partial charge in [-0.25, -0.2) is 0 Å². The van der Waals surface area contributed by atoms with Crippen molar-refractivity contribution in [1.29, 1.82) is 0 Å². The normalized spacial score (nSPS) is 12.4. The van der Waals surface area contributed by atoms with Gasteiger partial charge >= 0.3 is 0 Å². The van der Waals surface area contributed by atoms with Gasteiger partial charge in [-0.2, -0.15) is 0 Å². The Morgan fingerprint density at radius 3 is 2.67 bits per heavy atom. The van der Waals surface area contributed by atoms with Crippen LogP contribution in [0.3, 0.4) is 0 Å². The Balaban J connectivity index is 3.90. The molecule has 0 fully saturated rings. The molecule has 0 aromatic rings. The van der Waals surface area contributed by atoms with Gasteiger partial charge in [0.2, 0.25) is 0 Å². The lowest BCUT2D eigenvalue weighted by Gasteiger charge is -1.89. The summed E-state index contributed by atoms with van der Waals surface area (Å²) in [5, 5.41) is 0. The Kier molecular flexibility index (Phi) is 4.79. The van der Waals surface area contributed by atoms with Gasteiger partial charge in [-0.15, -0.1) is 0 Å². The third-order valence-corrected chi connectivity index (χ3v) is 1.05. The van der Waals surface area contributed by atoms with E-state index < -0.39 is 0 Å². The molecule has 0 heterocycles. The first-order valence-electron chi connectivity index (χ1n) is 3.13. The minimum atomic E-state index is 0.952. The molecule has 0 atom stereocenters. The van der Waals surface area contributed by atoms with Crippen molar-refractivity contribution in [2.24, 2.45) is 4.99 Å². The summed E-state index contributed by atoms with van der Waals surface area (Å²) < 4.78 is 0. The maximum atomic E-state index is 3.80. The van der Waals surface area contributed by atoms with Crippen LogP contribution in [0.1, 0.15) is 20.3 Å². The first-order valence-corrected chi connectivity index (χ1v) is 3.13. The van der Waals surface area contributed by atoms with E-state index in [0.717, 1.165) is 12.1 Å². The highest BCUT2D eigenvalue weighted by atomic mass is 14.7. The molecule has 0 N–H and O–H groups in total. The number of rotatable bonds is 3. The number of nitrogens with zero attached hydrogens (tertiary/aromatic N) is 1. The first kappa shape index (κ1) is 8.15. The summed E-state index contributed by atoms with van der Waals surface area (Å²) >= 11 is 0. The minimum Gasteiger partial charge on any atom is -0.269 e. The van der Waals surface area contributed by atoms with E-state index in [4.69, 9.17) is 0 Å². The fraction of sp³-hybridized carbons (Fsp3) is 0.375. The first-order chi connectivity index (χ1) is 4.35. The predicted octanol–water partition coefficient (Wildman–Crippen LogP) is 2.56. The van der Waals surface area contributed by atoms with Crippen molar-refractivity contribution in [3.05, 3.63) is 23.9 Å². The molecule has 0 aliphatic rings. The number of hydrogen-bond donors (Lipinski definition) is 0. The summed E-state index contributed by atoms with van der Waals surface area (Å²) in [6.07, 6.45) is 6.86. The third-order valence-electron chi connectivity index (χ3n) is 1.05. The maximum Gasteiger partial charge on any atom is 0.0393 e. The third kappa shape index (κ3) is 3.71. The van der Waals surface area contributed by atoms with E-state index in [2.05, 4.69) is 18.6 Å². The van der Waals surface area contributed by atoms with Crippen molar-refractivity contribution in [1.82, 2.24) is 0 Å². The molecule has 1 nitrogen and oxygen atoms in total. The SMILES string of the molecule is C=N/C(=C/C=C\C)CC. The van der Waals surface area contributed by atoms with E-state index in [0.29, 0.717) is 0 Å². The average Bonchev–Trinajstić information content (AvgIpc) is 1.91. The molecule has 0 rings (SSSR count). The summed E-state index contributed by atoms with van der Waals surface area (Å²) in [5.41, 5.74) is 1.04. The average molecular weight is 123 g/mol. The monoisotopic (exact) mass is 123 g/mol. The van der Waals surface area contributed by atoms with Gasteiger partial charge in [-0.1, -0.05) is 19.1 Å². The molecular formula is C8H13N. The number of hydrogen-bond acceptors (Lipinski definition) is 1. The molecule has 0 aliphatic heterocycles. The molecule has 0 amide bonds. The molecule has 9 heavy (non-hydrogen) atoms. The predicted molar refractivity (Wildman–Crippen MR) is 42.7 cm³/mol. The van der Waals surface area contributed by atoms with Crippen LogP contribution >= 0.6 is 0 Å². The van der Waals surface area contributed by atoms with Crippen molar-refractivity contribution in [3.8, 4) is 0 Å². The van der Waals surface area contributed by atoms with Crippen LogP contribution in [0.5, 0.6) is 0 Å². The van der Waals surface area contributed by atoms with Crippen molar-refractivity contribution in [2.75, 3.05) is 0 Å². The lowest BCUT2D eigenvalue weighted by molar-refractivity contribution is 1.07. The van der Waals surface area contributed by atoms with Crippen LogP contribution < -0.4 is 0 Å². The fourth-order valence-corrected chi connectivity index (χ4v) is 0.490. The molecule has 0 radical (unpaired) electrons. The molecule has 0 aromatic carbocycles. The smallest absolute Gasteiger partial charge is 0.0393 e. The summed E-state index contributed by atoms with van der Waals surface area (Å²) in [5.74, 6) is 0. The van der Waals surface area contributed by atoms with Crippen molar-refractivity contribution in [3.63, 3.8) is 0 Å². The van der Waals surface area contributed by atoms with Gasteiger partial charge in [-0.3, -0.25) is 4.99 Å². The second kappa shape index (κ2) is 5.29. The molecule has 0 saturated heterocycles. The zero-order chi connectivity index (χ0) is 7.11. The number of aliphatic imine (C=N–C) groups is 1. The Morgan fingerprint density at radius 2 is 2.33 bits per heavy atom. The Morgan fingerprint density at radius 1 is 1.67 bits per heavy atom. The molecule has 0 bridgehead atoms. The van der Waals surface area contributed by atoms with Crippen LogP contribution in [0.25, 0.3) is 0 Å². The molecule has 0 spiro atoms. The lowest BCUT2D eigenvalue weighted by Crippen LogP contribution is -1.70. The topological polar surface area (TPSA) is 12.4 Å². The second-order valence-corrected chi connectivity index (χ2v) is 1.70. The molecule has 0 aromatic heterocycles. The van der Waals surface area contributed by atoms with Crippen molar-refractivity contribution < 1.29 is 0 Å².